The third-order valence-electron chi connectivity index (χ3n) is 6.42. The number of rotatable bonds is 7. The van der Waals surface area contributed by atoms with Crippen molar-refractivity contribution in [1.29, 1.82) is 0 Å². The maximum absolute atomic E-state index is 13.7. The average molecular weight is 728 g/mol. The van der Waals surface area contributed by atoms with Crippen LogP contribution < -0.4 is 15.0 Å². The second-order valence-electron chi connectivity index (χ2n) is 9.16. The summed E-state index contributed by atoms with van der Waals surface area (Å²) in [6.07, 6.45) is 1.49. The standard InChI is InChI=1S/C31H19Br2Cl2N3O4/c1-40-27-14-22(35)11-19(29(27)41-16-17-6-7-20(32)13-24(17)33)15-36-38-30(37-25-5-3-2-4-23(25)31(38)39)28-12-18-10-21(34)8-9-26(18)42-28/h2-15H,16H2,1H3. The molecule has 2 heterocycles. The van der Waals surface area contributed by atoms with E-state index in [-0.39, 0.29) is 18.0 Å². The summed E-state index contributed by atoms with van der Waals surface area (Å²) in [7, 11) is 1.53. The van der Waals surface area contributed by atoms with E-state index < -0.39 is 0 Å². The van der Waals surface area contributed by atoms with E-state index in [0.717, 1.165) is 19.9 Å². The first-order valence-electron chi connectivity index (χ1n) is 12.5. The van der Waals surface area contributed by atoms with Gasteiger partial charge in [-0.25, -0.2) is 4.98 Å². The molecule has 6 rings (SSSR count). The molecule has 7 nitrogen and oxygen atoms in total. The molecular weight excluding hydrogens is 709 g/mol. The summed E-state index contributed by atoms with van der Waals surface area (Å²) in [6.45, 7) is 0.233. The number of fused-ring (bicyclic) bond motifs is 2. The van der Waals surface area contributed by atoms with Crippen LogP contribution in [0.5, 0.6) is 11.5 Å². The van der Waals surface area contributed by atoms with Gasteiger partial charge in [-0.3, -0.25) is 4.79 Å². The van der Waals surface area contributed by atoms with Crippen LogP contribution in [0.2, 0.25) is 10.0 Å². The second-order valence-corrected chi connectivity index (χ2v) is 11.8. The summed E-state index contributed by atoms with van der Waals surface area (Å²) in [6, 6.07) is 23.2. The zero-order chi connectivity index (χ0) is 29.4. The van der Waals surface area contributed by atoms with Gasteiger partial charge in [-0.1, -0.05) is 73.3 Å². The van der Waals surface area contributed by atoms with Gasteiger partial charge in [0.05, 0.1) is 24.2 Å². The number of furan rings is 1. The van der Waals surface area contributed by atoms with E-state index in [2.05, 4.69) is 37.0 Å². The Bertz CT molecular complexity index is 2070. The molecule has 0 saturated heterocycles. The van der Waals surface area contributed by atoms with Gasteiger partial charge in [0.1, 0.15) is 12.2 Å². The van der Waals surface area contributed by atoms with E-state index in [1.807, 2.05) is 24.3 Å². The molecule has 0 radical (unpaired) electrons. The third-order valence-corrected chi connectivity index (χ3v) is 8.10. The van der Waals surface area contributed by atoms with Crippen LogP contribution in [0, 0.1) is 0 Å². The molecule has 0 saturated carbocycles. The van der Waals surface area contributed by atoms with Gasteiger partial charge in [0, 0.05) is 41.6 Å². The summed E-state index contributed by atoms with van der Waals surface area (Å²) in [5.74, 6) is 1.39. The lowest BCUT2D eigenvalue weighted by atomic mass is 10.2. The predicted molar refractivity (Wildman–Crippen MR) is 173 cm³/mol. The fraction of sp³-hybridized carbons (Fsp3) is 0.0645. The van der Waals surface area contributed by atoms with Crippen molar-refractivity contribution in [2.75, 3.05) is 7.11 Å². The van der Waals surface area contributed by atoms with Crippen molar-refractivity contribution in [3.8, 4) is 23.1 Å². The van der Waals surface area contributed by atoms with E-state index >= 15 is 0 Å². The Labute approximate surface area is 266 Å². The highest BCUT2D eigenvalue weighted by atomic mass is 79.9. The largest absolute Gasteiger partial charge is 0.493 e. The molecule has 0 N–H and O–H groups in total. The van der Waals surface area contributed by atoms with Crippen molar-refractivity contribution in [2.24, 2.45) is 5.10 Å². The molecule has 2 aromatic heterocycles. The lowest BCUT2D eigenvalue weighted by molar-refractivity contribution is 0.283. The minimum Gasteiger partial charge on any atom is -0.493 e. The molecule has 6 aromatic rings. The summed E-state index contributed by atoms with van der Waals surface area (Å²) in [5.41, 5.74) is 2.15. The molecule has 0 fully saturated rings. The quantitative estimate of drug-likeness (QED) is 0.153. The van der Waals surface area contributed by atoms with Crippen LogP contribution in [-0.4, -0.2) is 23.0 Å². The number of aromatic nitrogens is 2. The average Bonchev–Trinajstić information content (AvgIpc) is 3.39. The van der Waals surface area contributed by atoms with Gasteiger partial charge < -0.3 is 13.9 Å². The lowest BCUT2D eigenvalue weighted by Gasteiger charge is -2.15. The number of ether oxygens (including phenoxy) is 2. The van der Waals surface area contributed by atoms with Crippen molar-refractivity contribution < 1.29 is 13.9 Å². The van der Waals surface area contributed by atoms with Gasteiger partial charge in [-0.05, 0) is 54.6 Å². The molecule has 0 amide bonds. The number of hydrogen-bond donors (Lipinski definition) is 0. The van der Waals surface area contributed by atoms with Crippen LogP contribution in [0.25, 0.3) is 33.5 Å². The Kier molecular flexibility index (Phi) is 8.09. The molecule has 0 aliphatic rings. The fourth-order valence-electron chi connectivity index (χ4n) is 4.41. The van der Waals surface area contributed by atoms with E-state index in [9.17, 15) is 4.79 Å². The van der Waals surface area contributed by atoms with Crippen LogP contribution in [0.15, 0.2) is 102 Å². The predicted octanol–water partition coefficient (Wildman–Crippen LogP) is 9.11. The summed E-state index contributed by atoms with van der Waals surface area (Å²) in [4.78, 5) is 18.5. The molecule has 11 heteroatoms. The number of hydrogen-bond acceptors (Lipinski definition) is 6. The van der Waals surface area contributed by atoms with Crippen molar-refractivity contribution in [3.05, 3.63) is 119 Å². The van der Waals surface area contributed by atoms with Crippen molar-refractivity contribution >= 4 is 83.1 Å². The van der Waals surface area contributed by atoms with Gasteiger partial charge in [0.2, 0.25) is 5.82 Å². The van der Waals surface area contributed by atoms with E-state index in [0.29, 0.717) is 49.4 Å². The Morgan fingerprint density at radius 2 is 1.83 bits per heavy atom. The third kappa shape index (κ3) is 5.70. The van der Waals surface area contributed by atoms with Gasteiger partial charge in [0.15, 0.2) is 17.3 Å². The number of nitrogens with zero attached hydrogens (tertiary/aromatic N) is 3. The van der Waals surface area contributed by atoms with Crippen LogP contribution in [0.1, 0.15) is 11.1 Å². The van der Waals surface area contributed by atoms with E-state index in [1.54, 1.807) is 54.6 Å². The Balaban J connectivity index is 1.47. The zero-order valence-corrected chi connectivity index (χ0v) is 26.5. The first-order valence-corrected chi connectivity index (χ1v) is 14.8. The van der Waals surface area contributed by atoms with E-state index in [4.69, 9.17) is 42.1 Å². The highest BCUT2D eigenvalue weighted by Crippen LogP contribution is 2.36. The Morgan fingerprint density at radius 1 is 1.00 bits per heavy atom. The molecule has 42 heavy (non-hydrogen) atoms. The number of para-hydroxylation sites is 1. The maximum Gasteiger partial charge on any atom is 0.282 e. The highest BCUT2D eigenvalue weighted by Gasteiger charge is 2.18. The van der Waals surface area contributed by atoms with Crippen LogP contribution in [0.3, 0.4) is 0 Å². The zero-order valence-electron chi connectivity index (χ0n) is 21.8. The minimum absolute atomic E-state index is 0.220. The molecule has 0 spiro atoms. The highest BCUT2D eigenvalue weighted by molar-refractivity contribution is 9.11. The smallest absolute Gasteiger partial charge is 0.282 e. The first kappa shape index (κ1) is 28.5. The summed E-state index contributed by atoms with van der Waals surface area (Å²) >= 11 is 19.6. The van der Waals surface area contributed by atoms with Crippen LogP contribution in [-0.2, 0) is 6.61 Å². The molecule has 0 aliphatic carbocycles. The SMILES string of the molecule is COc1cc(Cl)cc(C=Nn2c(-c3cc4cc(Cl)ccc4o3)nc3ccccc3c2=O)c1OCc1ccc(Br)cc1Br. The van der Waals surface area contributed by atoms with Gasteiger partial charge >= 0.3 is 0 Å². The van der Waals surface area contributed by atoms with Crippen LogP contribution >= 0.6 is 55.1 Å². The molecular formula is C31H19Br2Cl2N3O4. The van der Waals surface area contributed by atoms with E-state index in [1.165, 1.54) is 18.0 Å². The molecule has 0 bridgehead atoms. The molecule has 0 unspecified atom stereocenters. The fourth-order valence-corrected chi connectivity index (χ4v) is 5.97. The number of methoxy groups -OCH3 is 1. The van der Waals surface area contributed by atoms with Crippen molar-refractivity contribution in [3.63, 3.8) is 0 Å². The molecule has 0 aliphatic heterocycles. The Morgan fingerprint density at radius 3 is 2.64 bits per heavy atom. The van der Waals surface area contributed by atoms with Gasteiger partial charge in [-0.2, -0.15) is 9.78 Å². The number of halogens is 4. The molecule has 4 aromatic carbocycles. The first-order chi connectivity index (χ1) is 20.3. The van der Waals surface area contributed by atoms with Crippen molar-refractivity contribution in [1.82, 2.24) is 9.66 Å². The maximum atomic E-state index is 13.7. The second kappa shape index (κ2) is 11.9. The molecule has 210 valence electrons. The number of benzene rings is 4. The Hall–Kier alpha value is -3.63. The monoisotopic (exact) mass is 725 g/mol. The normalized spacial score (nSPS) is 11.5. The molecule has 0 atom stereocenters. The van der Waals surface area contributed by atoms with Gasteiger partial charge in [0.25, 0.3) is 5.56 Å². The summed E-state index contributed by atoms with van der Waals surface area (Å²) < 4.78 is 20.9. The minimum atomic E-state index is -0.374. The van der Waals surface area contributed by atoms with Gasteiger partial charge in [-0.15, -0.1) is 0 Å². The van der Waals surface area contributed by atoms with Crippen molar-refractivity contribution in [2.45, 2.75) is 6.61 Å². The lowest BCUT2D eigenvalue weighted by Crippen LogP contribution is -2.20. The van der Waals surface area contributed by atoms with Crippen LogP contribution in [0.4, 0.5) is 0 Å². The summed E-state index contributed by atoms with van der Waals surface area (Å²) in [5, 5.41) is 6.71. The topological polar surface area (TPSA) is 78.9 Å².